The number of halogens is 4. The second-order valence-corrected chi connectivity index (χ2v) is 9.83. The summed E-state index contributed by atoms with van der Waals surface area (Å²) < 4.78 is 60.4. The maximum Gasteiger partial charge on any atom is 0.389 e. The molecule has 3 heterocycles. The van der Waals surface area contributed by atoms with Gasteiger partial charge in [0.15, 0.2) is 0 Å². The van der Waals surface area contributed by atoms with E-state index in [2.05, 4.69) is 15.3 Å². The van der Waals surface area contributed by atoms with E-state index in [1.165, 1.54) is 11.0 Å². The predicted octanol–water partition coefficient (Wildman–Crippen LogP) is 5.33. The van der Waals surface area contributed by atoms with Crippen molar-refractivity contribution in [1.82, 2.24) is 14.7 Å². The van der Waals surface area contributed by atoms with Gasteiger partial charge in [0.2, 0.25) is 0 Å². The first-order valence-corrected chi connectivity index (χ1v) is 12.3. The minimum atomic E-state index is -4.27. The number of carbonyl (C=O) groups excluding carboxylic acids is 1. The molecule has 0 saturated carbocycles. The van der Waals surface area contributed by atoms with Crippen LogP contribution in [0.1, 0.15) is 18.4 Å². The van der Waals surface area contributed by atoms with Crippen LogP contribution < -0.4 is 10.2 Å². The third kappa shape index (κ3) is 5.51. The van der Waals surface area contributed by atoms with E-state index < -0.39 is 30.4 Å². The summed E-state index contributed by atoms with van der Waals surface area (Å²) in [5.74, 6) is -1.24. The third-order valence-electron chi connectivity index (χ3n) is 7.01. The fourth-order valence-corrected chi connectivity index (χ4v) is 5.22. The van der Waals surface area contributed by atoms with Crippen LogP contribution in [0.25, 0.3) is 22.0 Å². The fraction of sp³-hybridized carbons (Fsp3) is 0.462. The molecule has 198 valence electrons. The molecule has 2 aromatic carbocycles. The van der Waals surface area contributed by atoms with Gasteiger partial charge in [-0.25, -0.2) is 9.18 Å². The van der Waals surface area contributed by atoms with Crippen molar-refractivity contribution in [3.8, 4) is 11.1 Å². The number of carbonyl (C=O) groups is 1. The van der Waals surface area contributed by atoms with E-state index in [4.69, 9.17) is 4.74 Å². The van der Waals surface area contributed by atoms with Gasteiger partial charge < -0.3 is 19.9 Å². The second kappa shape index (κ2) is 9.85. The third-order valence-corrected chi connectivity index (χ3v) is 7.01. The number of alkyl halides is 3. The van der Waals surface area contributed by atoms with Crippen LogP contribution >= 0.6 is 0 Å². The Hall–Kier alpha value is -3.34. The van der Waals surface area contributed by atoms with Crippen LogP contribution in [0.4, 0.5) is 33.7 Å². The number of ether oxygens (including phenoxy) is 1. The molecule has 37 heavy (non-hydrogen) atoms. The first-order chi connectivity index (χ1) is 17.6. The maximum atomic E-state index is 14.9. The molecule has 11 heteroatoms. The minimum Gasteiger partial charge on any atom is -0.378 e. The minimum absolute atomic E-state index is 0.00767. The Bertz CT molecular complexity index is 1320. The molecule has 2 amide bonds. The van der Waals surface area contributed by atoms with Crippen LogP contribution in [-0.2, 0) is 11.8 Å². The number of benzene rings is 2. The number of likely N-dealkylation sites (tertiary alicyclic amines) is 1. The van der Waals surface area contributed by atoms with E-state index in [0.29, 0.717) is 18.8 Å². The Morgan fingerprint density at radius 1 is 1.16 bits per heavy atom. The smallest absolute Gasteiger partial charge is 0.378 e. The molecule has 0 bridgehead atoms. The molecule has 2 aliphatic heterocycles. The Balaban J connectivity index is 1.43. The lowest BCUT2D eigenvalue weighted by Gasteiger charge is -2.29. The lowest BCUT2D eigenvalue weighted by molar-refractivity contribution is -0.143. The highest BCUT2D eigenvalue weighted by atomic mass is 19.4. The van der Waals surface area contributed by atoms with Gasteiger partial charge in [-0.2, -0.15) is 18.3 Å². The highest BCUT2D eigenvalue weighted by Gasteiger charge is 2.36. The molecule has 1 N–H and O–H groups in total. The van der Waals surface area contributed by atoms with Crippen molar-refractivity contribution in [1.29, 1.82) is 0 Å². The number of aromatic nitrogens is 2. The molecular weight excluding hydrogens is 490 g/mol. The fourth-order valence-electron chi connectivity index (χ4n) is 5.22. The summed E-state index contributed by atoms with van der Waals surface area (Å²) in [4.78, 5) is 16.3. The second-order valence-electron chi connectivity index (χ2n) is 9.83. The van der Waals surface area contributed by atoms with Crippen molar-refractivity contribution >= 4 is 28.3 Å². The normalized spacial score (nSPS) is 18.6. The van der Waals surface area contributed by atoms with E-state index >= 15 is 0 Å². The van der Waals surface area contributed by atoms with E-state index in [1.54, 1.807) is 17.7 Å². The molecule has 0 spiro atoms. The van der Waals surface area contributed by atoms with Gasteiger partial charge in [0.25, 0.3) is 0 Å². The lowest BCUT2D eigenvalue weighted by atomic mass is 9.97. The van der Waals surface area contributed by atoms with Crippen molar-refractivity contribution in [2.75, 3.05) is 49.6 Å². The molecule has 2 aliphatic rings. The molecule has 1 atom stereocenters. The Labute approximate surface area is 212 Å². The Morgan fingerprint density at radius 2 is 1.92 bits per heavy atom. The van der Waals surface area contributed by atoms with Gasteiger partial charge in [-0.1, -0.05) is 0 Å². The van der Waals surface area contributed by atoms with Crippen LogP contribution in [0.15, 0.2) is 30.5 Å². The number of hydrogen-bond acceptors (Lipinski definition) is 4. The topological polar surface area (TPSA) is 62.6 Å². The van der Waals surface area contributed by atoms with Crippen molar-refractivity contribution in [2.45, 2.75) is 25.9 Å². The number of hydrogen-bond donors (Lipinski definition) is 1. The van der Waals surface area contributed by atoms with E-state index in [1.807, 2.05) is 25.4 Å². The highest BCUT2D eigenvalue weighted by molar-refractivity contribution is 5.96. The SMILES string of the molecule is Cc1cc(F)c(NC(=O)N2CC[C@@H](CC(F)(F)F)C2)cc1-c1cc(N2CCOCC2)c2nn(C)cc2c1. The summed E-state index contributed by atoms with van der Waals surface area (Å²) >= 11 is 0. The molecule has 2 fully saturated rings. The number of urea groups is 1. The van der Waals surface area contributed by atoms with Gasteiger partial charge in [0, 0.05) is 51.2 Å². The number of aryl methyl sites for hydroxylation is 2. The molecule has 0 aliphatic carbocycles. The number of morpholine rings is 1. The van der Waals surface area contributed by atoms with Crippen LogP contribution in [0.2, 0.25) is 0 Å². The first kappa shape index (κ1) is 25.3. The molecule has 1 aromatic heterocycles. The van der Waals surface area contributed by atoms with Crippen LogP contribution in [0, 0.1) is 18.7 Å². The standard InChI is InChI=1S/C26H29F4N5O2/c1-16-9-21(27)22(31-25(36)35-4-3-17(14-35)13-26(28,29)30)12-20(16)18-10-19-15-33(2)32-24(19)23(11-18)34-5-7-37-8-6-34/h9-12,15,17H,3-8,13-14H2,1-2H3,(H,31,36)/t17-/m0/s1. The van der Waals surface area contributed by atoms with Crippen molar-refractivity contribution in [3.05, 3.63) is 41.8 Å². The van der Waals surface area contributed by atoms with Gasteiger partial charge in [-0.15, -0.1) is 0 Å². The van der Waals surface area contributed by atoms with E-state index in [9.17, 15) is 22.4 Å². The average Bonchev–Trinajstić information content (AvgIpc) is 3.45. The first-order valence-electron chi connectivity index (χ1n) is 12.3. The molecule has 0 unspecified atom stereocenters. The molecule has 0 radical (unpaired) electrons. The lowest BCUT2D eigenvalue weighted by Crippen LogP contribution is -2.36. The summed E-state index contributed by atoms with van der Waals surface area (Å²) in [5, 5.41) is 8.14. The molecule has 5 rings (SSSR count). The Kier molecular flexibility index (Phi) is 6.74. The largest absolute Gasteiger partial charge is 0.389 e. The van der Waals surface area contributed by atoms with Gasteiger partial charge in [-0.3, -0.25) is 4.68 Å². The number of nitrogens with zero attached hydrogens (tertiary/aromatic N) is 4. The zero-order valence-electron chi connectivity index (χ0n) is 20.7. The molecule has 7 nitrogen and oxygen atoms in total. The molecular formula is C26H29F4N5O2. The van der Waals surface area contributed by atoms with Gasteiger partial charge in [0.1, 0.15) is 11.3 Å². The zero-order valence-corrected chi connectivity index (χ0v) is 20.7. The van der Waals surface area contributed by atoms with E-state index in [-0.39, 0.29) is 25.2 Å². The maximum absolute atomic E-state index is 14.9. The quantitative estimate of drug-likeness (QED) is 0.474. The average molecular weight is 520 g/mol. The van der Waals surface area contributed by atoms with Crippen molar-refractivity contribution in [2.24, 2.45) is 13.0 Å². The van der Waals surface area contributed by atoms with Gasteiger partial charge >= 0.3 is 12.2 Å². The number of amides is 2. The summed E-state index contributed by atoms with van der Waals surface area (Å²) in [6, 6.07) is 6.36. The van der Waals surface area contributed by atoms with Crippen molar-refractivity contribution in [3.63, 3.8) is 0 Å². The monoisotopic (exact) mass is 519 g/mol. The highest BCUT2D eigenvalue weighted by Crippen LogP contribution is 2.36. The van der Waals surface area contributed by atoms with Crippen LogP contribution in [0.3, 0.4) is 0 Å². The van der Waals surface area contributed by atoms with E-state index in [0.717, 1.165) is 40.8 Å². The van der Waals surface area contributed by atoms with Gasteiger partial charge in [0.05, 0.1) is 24.6 Å². The summed E-state index contributed by atoms with van der Waals surface area (Å²) in [6.07, 6.45) is -3.01. The number of rotatable bonds is 4. The number of fused-ring (bicyclic) bond motifs is 1. The summed E-state index contributed by atoms with van der Waals surface area (Å²) in [6.45, 7) is 4.68. The number of nitrogens with one attached hydrogen (secondary N) is 1. The van der Waals surface area contributed by atoms with Crippen molar-refractivity contribution < 1.29 is 27.1 Å². The Morgan fingerprint density at radius 3 is 2.65 bits per heavy atom. The summed E-state index contributed by atoms with van der Waals surface area (Å²) in [7, 11) is 1.86. The number of anilines is 2. The van der Waals surface area contributed by atoms with Crippen LogP contribution in [-0.4, -0.2) is 66.3 Å². The molecule has 2 saturated heterocycles. The molecule has 3 aromatic rings. The summed E-state index contributed by atoms with van der Waals surface area (Å²) in [5.41, 5.74) is 4.10. The van der Waals surface area contributed by atoms with Gasteiger partial charge in [-0.05, 0) is 60.2 Å². The van der Waals surface area contributed by atoms with Crippen LogP contribution in [0.5, 0.6) is 0 Å². The predicted molar refractivity (Wildman–Crippen MR) is 133 cm³/mol. The zero-order chi connectivity index (χ0) is 26.3.